The van der Waals surface area contributed by atoms with Crippen molar-refractivity contribution in [2.45, 2.75) is 32.2 Å². The van der Waals surface area contributed by atoms with Gasteiger partial charge in [-0.2, -0.15) is 5.10 Å². The Morgan fingerprint density at radius 3 is 2.91 bits per heavy atom. The molecule has 0 spiro atoms. The van der Waals surface area contributed by atoms with Crippen LogP contribution >= 0.6 is 0 Å². The summed E-state index contributed by atoms with van der Waals surface area (Å²) in [6.07, 6.45) is 6.18. The molecule has 0 radical (unpaired) electrons. The molecule has 0 fully saturated rings. The van der Waals surface area contributed by atoms with Gasteiger partial charge in [0.1, 0.15) is 5.82 Å². The Kier molecular flexibility index (Phi) is 3.79. The molecule has 1 unspecified atom stereocenters. The molecule has 1 N–H and O–H groups in total. The van der Waals surface area contributed by atoms with Crippen molar-refractivity contribution in [3.05, 3.63) is 35.0 Å². The Balaban J connectivity index is 1.81. The molecular weight excluding hydrogens is 282 g/mol. The first-order chi connectivity index (χ1) is 10.6. The molecule has 2 aromatic heterocycles. The van der Waals surface area contributed by atoms with Gasteiger partial charge in [0.15, 0.2) is 5.69 Å². The fourth-order valence-corrected chi connectivity index (χ4v) is 3.03. The first-order valence-electron chi connectivity index (χ1n) is 7.29. The van der Waals surface area contributed by atoms with Crippen molar-refractivity contribution < 1.29 is 9.53 Å². The highest BCUT2D eigenvalue weighted by Crippen LogP contribution is 2.33. The third kappa shape index (κ3) is 2.54. The van der Waals surface area contributed by atoms with E-state index in [2.05, 4.69) is 25.1 Å². The Morgan fingerprint density at radius 1 is 1.41 bits per heavy atom. The summed E-state index contributed by atoms with van der Waals surface area (Å²) in [4.78, 5) is 19.7. The number of anilines is 1. The maximum absolute atomic E-state index is 11.4. The lowest BCUT2D eigenvalue weighted by atomic mass is 9.91. The summed E-state index contributed by atoms with van der Waals surface area (Å²) in [6, 6.07) is 0.177. The Labute approximate surface area is 128 Å². The van der Waals surface area contributed by atoms with E-state index in [-0.39, 0.29) is 11.7 Å². The van der Waals surface area contributed by atoms with Crippen LogP contribution < -0.4 is 5.32 Å². The molecule has 2 aromatic rings. The molecule has 22 heavy (non-hydrogen) atoms. The third-order valence-corrected chi connectivity index (χ3v) is 4.01. The Morgan fingerprint density at radius 2 is 2.23 bits per heavy atom. The van der Waals surface area contributed by atoms with Crippen LogP contribution in [0.3, 0.4) is 0 Å². The van der Waals surface area contributed by atoms with Crippen molar-refractivity contribution in [2.24, 2.45) is 7.05 Å². The number of rotatable bonds is 3. The summed E-state index contributed by atoms with van der Waals surface area (Å²) >= 11 is 0. The summed E-state index contributed by atoms with van der Waals surface area (Å²) in [5.41, 5.74) is 3.79. The van der Waals surface area contributed by atoms with Crippen LogP contribution in [0.25, 0.3) is 0 Å². The number of carbonyl (C=O) groups is 1. The molecule has 2 heterocycles. The number of hydrogen-bond donors (Lipinski definition) is 1. The number of nitrogens with one attached hydrogen (secondary N) is 1. The molecule has 7 heteroatoms. The average Bonchev–Trinajstić information content (AvgIpc) is 2.83. The fourth-order valence-electron chi connectivity index (χ4n) is 3.03. The van der Waals surface area contributed by atoms with E-state index < -0.39 is 5.97 Å². The zero-order valence-electron chi connectivity index (χ0n) is 13.0. The van der Waals surface area contributed by atoms with E-state index >= 15 is 0 Å². The van der Waals surface area contributed by atoms with Crippen molar-refractivity contribution in [3.8, 4) is 0 Å². The van der Waals surface area contributed by atoms with E-state index in [9.17, 15) is 4.79 Å². The molecule has 116 valence electrons. The number of aromatic nitrogens is 4. The number of ether oxygens (including phenoxy) is 1. The van der Waals surface area contributed by atoms with Gasteiger partial charge in [-0.25, -0.2) is 14.8 Å². The second-order valence-electron chi connectivity index (χ2n) is 5.44. The average molecular weight is 301 g/mol. The summed E-state index contributed by atoms with van der Waals surface area (Å²) in [5, 5.41) is 7.91. The quantitative estimate of drug-likeness (QED) is 0.870. The normalized spacial score (nSPS) is 17.0. The van der Waals surface area contributed by atoms with Gasteiger partial charge >= 0.3 is 5.97 Å². The molecule has 3 rings (SSSR count). The molecule has 1 aliphatic carbocycles. The highest BCUT2D eigenvalue weighted by atomic mass is 16.5. The molecule has 1 atom stereocenters. The lowest BCUT2D eigenvalue weighted by Crippen LogP contribution is -2.19. The maximum Gasteiger partial charge on any atom is 0.358 e. The minimum atomic E-state index is -0.484. The van der Waals surface area contributed by atoms with Crippen molar-refractivity contribution >= 4 is 11.8 Å². The number of nitrogens with zero attached hydrogens (tertiary/aromatic N) is 4. The lowest BCUT2D eigenvalue weighted by molar-refractivity contribution is 0.0593. The molecule has 0 saturated carbocycles. The van der Waals surface area contributed by atoms with E-state index in [4.69, 9.17) is 0 Å². The van der Waals surface area contributed by atoms with E-state index in [1.807, 2.05) is 18.7 Å². The van der Waals surface area contributed by atoms with Gasteiger partial charge in [-0.1, -0.05) is 0 Å². The molecule has 0 amide bonds. The molecular formula is C15H19N5O2. The van der Waals surface area contributed by atoms with Gasteiger partial charge in [-0.15, -0.1) is 0 Å². The standard InChI is InChI=1S/C15H19N5O2/c1-9-14-10(5-4-6-12(14)20(2)19-9)18-13-8-16-11(7-17-13)15(21)22-3/h7-8,10H,4-6H2,1-3H3,(H,17,18). The third-order valence-electron chi connectivity index (χ3n) is 4.01. The van der Waals surface area contributed by atoms with Gasteiger partial charge in [0.25, 0.3) is 0 Å². The lowest BCUT2D eigenvalue weighted by Gasteiger charge is -2.24. The first-order valence-corrected chi connectivity index (χ1v) is 7.29. The SMILES string of the molecule is COC(=O)c1cnc(NC2CCCc3c2c(C)nn3C)cn1. The van der Waals surface area contributed by atoms with Crippen LogP contribution in [0.2, 0.25) is 0 Å². The molecule has 1 aliphatic rings. The van der Waals surface area contributed by atoms with Crippen LogP contribution in [0.4, 0.5) is 5.82 Å². The van der Waals surface area contributed by atoms with Gasteiger partial charge in [0, 0.05) is 18.3 Å². The van der Waals surface area contributed by atoms with Crippen LogP contribution in [0.5, 0.6) is 0 Å². The number of aryl methyl sites for hydroxylation is 2. The van der Waals surface area contributed by atoms with Crippen LogP contribution in [0.15, 0.2) is 12.4 Å². The summed E-state index contributed by atoms with van der Waals surface area (Å²) in [5.74, 6) is 0.163. The topological polar surface area (TPSA) is 81.9 Å². The highest BCUT2D eigenvalue weighted by molar-refractivity contribution is 5.86. The Hall–Kier alpha value is -2.44. The largest absolute Gasteiger partial charge is 0.464 e. The van der Waals surface area contributed by atoms with Gasteiger partial charge in [0.05, 0.1) is 31.2 Å². The maximum atomic E-state index is 11.4. The number of methoxy groups -OCH3 is 1. The summed E-state index contributed by atoms with van der Waals surface area (Å²) in [6.45, 7) is 2.03. The van der Waals surface area contributed by atoms with Crippen molar-refractivity contribution in [1.29, 1.82) is 0 Å². The zero-order chi connectivity index (χ0) is 15.7. The van der Waals surface area contributed by atoms with Crippen LogP contribution in [0.1, 0.15) is 46.3 Å². The Bertz CT molecular complexity index is 693. The van der Waals surface area contributed by atoms with E-state index in [0.29, 0.717) is 5.82 Å². The van der Waals surface area contributed by atoms with Gasteiger partial charge in [0.2, 0.25) is 0 Å². The van der Waals surface area contributed by atoms with Crippen molar-refractivity contribution in [3.63, 3.8) is 0 Å². The summed E-state index contributed by atoms with van der Waals surface area (Å²) in [7, 11) is 3.31. The molecule has 0 aromatic carbocycles. The van der Waals surface area contributed by atoms with Crippen molar-refractivity contribution in [2.75, 3.05) is 12.4 Å². The van der Waals surface area contributed by atoms with Crippen LogP contribution in [0, 0.1) is 6.92 Å². The second-order valence-corrected chi connectivity index (χ2v) is 5.44. The number of fused-ring (bicyclic) bond motifs is 1. The van der Waals surface area contributed by atoms with Gasteiger partial charge < -0.3 is 10.1 Å². The molecule has 0 saturated heterocycles. The predicted octanol–water partition coefficient (Wildman–Crippen LogP) is 1.79. The van der Waals surface area contributed by atoms with E-state index in [1.165, 1.54) is 24.6 Å². The number of hydrogen-bond acceptors (Lipinski definition) is 6. The molecule has 7 nitrogen and oxygen atoms in total. The van der Waals surface area contributed by atoms with Crippen molar-refractivity contribution in [1.82, 2.24) is 19.7 Å². The number of carbonyl (C=O) groups excluding carboxylic acids is 1. The molecule has 0 aliphatic heterocycles. The molecule has 0 bridgehead atoms. The zero-order valence-corrected chi connectivity index (χ0v) is 13.0. The monoisotopic (exact) mass is 301 g/mol. The number of esters is 1. The van der Waals surface area contributed by atoms with E-state index in [1.54, 1.807) is 6.20 Å². The second kappa shape index (κ2) is 5.75. The fraction of sp³-hybridized carbons (Fsp3) is 0.467. The van der Waals surface area contributed by atoms with Crippen LogP contribution in [-0.2, 0) is 18.2 Å². The highest BCUT2D eigenvalue weighted by Gasteiger charge is 2.26. The van der Waals surface area contributed by atoms with Crippen LogP contribution in [-0.4, -0.2) is 32.8 Å². The smallest absolute Gasteiger partial charge is 0.358 e. The first kappa shape index (κ1) is 14.5. The van der Waals surface area contributed by atoms with E-state index in [0.717, 1.165) is 25.0 Å². The minimum absolute atomic E-state index is 0.177. The summed E-state index contributed by atoms with van der Waals surface area (Å²) < 4.78 is 6.58. The van der Waals surface area contributed by atoms with Gasteiger partial charge in [-0.05, 0) is 26.2 Å². The minimum Gasteiger partial charge on any atom is -0.464 e. The predicted molar refractivity (Wildman–Crippen MR) is 80.6 cm³/mol. The van der Waals surface area contributed by atoms with Gasteiger partial charge in [-0.3, -0.25) is 4.68 Å².